The monoisotopic (exact) mass is 473 g/mol. The van der Waals surface area contributed by atoms with E-state index in [1.54, 1.807) is 7.05 Å². The van der Waals surface area contributed by atoms with Crippen LogP contribution in [0.4, 0.5) is 24.9 Å². The van der Waals surface area contributed by atoms with Crippen molar-refractivity contribution in [2.75, 3.05) is 23.7 Å². The van der Waals surface area contributed by atoms with Crippen LogP contribution in [0.2, 0.25) is 5.02 Å². The molecule has 31 heavy (non-hydrogen) atoms. The van der Waals surface area contributed by atoms with Crippen LogP contribution < -0.4 is 21.9 Å². The molecule has 1 saturated carbocycles. The number of hydrogen-bond donors (Lipinski definition) is 2. The fourth-order valence-corrected chi connectivity index (χ4v) is 5.76. The molecule has 4 N–H and O–H groups in total. The Kier molecular flexibility index (Phi) is 5.68. The quantitative estimate of drug-likeness (QED) is 0.707. The van der Waals surface area contributed by atoms with Gasteiger partial charge >= 0.3 is 0 Å². The van der Waals surface area contributed by atoms with E-state index in [1.807, 2.05) is 4.90 Å². The number of benzene rings is 1. The van der Waals surface area contributed by atoms with Gasteiger partial charge in [-0.25, -0.2) is 13.2 Å². The second-order valence-corrected chi connectivity index (χ2v) is 9.82. The minimum Gasteiger partial charge on any atom is -0.382 e. The Morgan fingerprint density at radius 2 is 1.97 bits per heavy atom. The number of rotatable bonds is 3. The predicted molar refractivity (Wildman–Crippen MR) is 115 cm³/mol. The van der Waals surface area contributed by atoms with Crippen LogP contribution in [-0.2, 0) is 7.05 Å². The third-order valence-corrected chi connectivity index (χ3v) is 7.90. The molecule has 1 saturated heterocycles. The molecule has 0 bridgehead atoms. The molecule has 1 spiro atoms. The van der Waals surface area contributed by atoms with Crippen molar-refractivity contribution >= 4 is 35.1 Å². The Morgan fingerprint density at radius 1 is 1.29 bits per heavy atom. The number of nitrogens with zero attached hydrogens (tertiary/aromatic N) is 3. The Hall–Kier alpha value is -1.91. The molecule has 1 aromatic carbocycles. The molecule has 0 amide bonds. The Balaban J connectivity index is 1.57. The number of nitrogen functional groups attached to an aromatic ring is 1. The number of alkyl halides is 2. The van der Waals surface area contributed by atoms with Gasteiger partial charge in [-0.2, -0.15) is 4.98 Å². The number of aromatic nitrogens is 2. The number of halogens is 4. The normalized spacial score (nSPS) is 22.3. The predicted octanol–water partition coefficient (Wildman–Crippen LogP) is 3.65. The van der Waals surface area contributed by atoms with Gasteiger partial charge in [0.05, 0.1) is 5.02 Å². The average molecular weight is 474 g/mol. The van der Waals surface area contributed by atoms with Crippen molar-refractivity contribution in [2.24, 2.45) is 18.2 Å². The van der Waals surface area contributed by atoms with Crippen molar-refractivity contribution in [3.63, 3.8) is 0 Å². The summed E-state index contributed by atoms with van der Waals surface area (Å²) in [6.07, 6.45) is 0.522. The summed E-state index contributed by atoms with van der Waals surface area (Å²) in [6.45, 7) is 0.916. The molecule has 2 aromatic rings. The summed E-state index contributed by atoms with van der Waals surface area (Å²) in [7, 11) is 1.58. The lowest BCUT2D eigenvalue weighted by atomic mass is 9.74. The van der Waals surface area contributed by atoms with E-state index in [0.29, 0.717) is 36.8 Å². The van der Waals surface area contributed by atoms with Gasteiger partial charge in [-0.15, -0.1) is 0 Å². The van der Waals surface area contributed by atoms with E-state index >= 15 is 0 Å². The highest BCUT2D eigenvalue weighted by atomic mass is 35.5. The Bertz CT molecular complexity index is 1070. The smallest absolute Gasteiger partial charge is 0.270 e. The van der Waals surface area contributed by atoms with Crippen LogP contribution in [-0.4, -0.2) is 34.6 Å². The van der Waals surface area contributed by atoms with Crippen molar-refractivity contribution in [3.8, 4) is 0 Å². The lowest BCUT2D eigenvalue weighted by Gasteiger charge is -2.42. The molecule has 2 heterocycles. The van der Waals surface area contributed by atoms with Crippen LogP contribution in [0.1, 0.15) is 25.7 Å². The van der Waals surface area contributed by atoms with Gasteiger partial charge in [0.2, 0.25) is 11.9 Å². The molecule has 0 unspecified atom stereocenters. The SMILES string of the molecule is Cn1c(N2CCC3(CC2)CC(F)(F)C[C@H]3N)nc(N)c(Sc2ccc(F)cc2Cl)c1=O. The summed E-state index contributed by atoms with van der Waals surface area (Å²) in [5, 5.41) is 0.168. The lowest BCUT2D eigenvalue weighted by Crippen LogP contribution is -2.48. The van der Waals surface area contributed by atoms with E-state index in [9.17, 15) is 18.0 Å². The molecule has 11 heteroatoms. The second kappa shape index (κ2) is 7.90. The molecule has 1 aromatic heterocycles. The molecular weight excluding hydrogens is 451 g/mol. The van der Waals surface area contributed by atoms with Gasteiger partial charge in [0.1, 0.15) is 16.5 Å². The first-order valence-electron chi connectivity index (χ1n) is 9.89. The van der Waals surface area contributed by atoms with Crippen LogP contribution in [0.15, 0.2) is 32.8 Å². The first-order chi connectivity index (χ1) is 14.5. The standard InChI is InChI=1S/C20H23ClF3N5OS/c1-28-17(30)15(31-13-3-2-11(22)8-12(13)21)16(26)27-18(28)29-6-4-19(5-7-29)10-20(23,24)9-14(19)25/h2-3,8,14H,4-7,9-10,25-26H2,1H3/t14-/m1/s1. The van der Waals surface area contributed by atoms with E-state index in [1.165, 1.54) is 16.7 Å². The highest BCUT2D eigenvalue weighted by Crippen LogP contribution is 2.52. The largest absolute Gasteiger partial charge is 0.382 e. The fourth-order valence-electron chi connectivity index (χ4n) is 4.59. The molecule has 1 atom stereocenters. The average Bonchev–Trinajstić information content (AvgIpc) is 2.92. The molecule has 168 valence electrons. The van der Waals surface area contributed by atoms with Crippen molar-refractivity contribution in [1.29, 1.82) is 0 Å². The summed E-state index contributed by atoms with van der Waals surface area (Å²) in [6, 6.07) is 3.34. The van der Waals surface area contributed by atoms with Crippen LogP contribution >= 0.6 is 23.4 Å². The highest BCUT2D eigenvalue weighted by Gasteiger charge is 2.55. The maximum atomic E-state index is 13.9. The second-order valence-electron chi connectivity index (χ2n) is 8.36. The van der Waals surface area contributed by atoms with Crippen LogP contribution in [0, 0.1) is 11.2 Å². The maximum absolute atomic E-state index is 13.9. The molecule has 0 radical (unpaired) electrons. The van der Waals surface area contributed by atoms with Crippen molar-refractivity contribution in [2.45, 2.75) is 47.4 Å². The zero-order valence-corrected chi connectivity index (χ0v) is 18.4. The van der Waals surface area contributed by atoms with E-state index in [0.717, 1.165) is 17.8 Å². The van der Waals surface area contributed by atoms with Gasteiger partial charge < -0.3 is 16.4 Å². The van der Waals surface area contributed by atoms with Gasteiger partial charge in [-0.1, -0.05) is 23.4 Å². The summed E-state index contributed by atoms with van der Waals surface area (Å²) in [5.74, 6) is -2.79. The van der Waals surface area contributed by atoms with Crippen LogP contribution in [0.25, 0.3) is 0 Å². The minimum absolute atomic E-state index is 0.0351. The van der Waals surface area contributed by atoms with Gasteiger partial charge in [0, 0.05) is 43.9 Å². The molecule has 2 fully saturated rings. The van der Waals surface area contributed by atoms with Crippen LogP contribution in [0.5, 0.6) is 0 Å². The fraction of sp³-hybridized carbons (Fsp3) is 0.500. The number of hydrogen-bond acceptors (Lipinski definition) is 6. The highest BCUT2D eigenvalue weighted by molar-refractivity contribution is 7.99. The van der Waals surface area contributed by atoms with Gasteiger partial charge in [-0.3, -0.25) is 9.36 Å². The van der Waals surface area contributed by atoms with Crippen LogP contribution in [0.3, 0.4) is 0 Å². The molecule has 6 nitrogen and oxygen atoms in total. The number of nitrogens with two attached hydrogens (primary N) is 2. The van der Waals surface area contributed by atoms with E-state index in [2.05, 4.69) is 4.98 Å². The zero-order chi connectivity index (χ0) is 22.6. The Labute approximate surface area is 186 Å². The van der Waals surface area contributed by atoms with Gasteiger partial charge in [0.25, 0.3) is 5.56 Å². The Morgan fingerprint density at radius 3 is 2.55 bits per heavy atom. The number of anilines is 2. The summed E-state index contributed by atoms with van der Waals surface area (Å²) >= 11 is 7.09. The van der Waals surface area contributed by atoms with Crippen molar-refractivity contribution < 1.29 is 13.2 Å². The summed E-state index contributed by atoms with van der Waals surface area (Å²) in [5.41, 5.74) is 11.2. The van der Waals surface area contributed by atoms with E-state index in [4.69, 9.17) is 23.1 Å². The topological polar surface area (TPSA) is 90.2 Å². The molecule has 2 aliphatic rings. The third-order valence-electron chi connectivity index (χ3n) is 6.32. The summed E-state index contributed by atoms with van der Waals surface area (Å²) < 4.78 is 42.5. The van der Waals surface area contributed by atoms with Crippen molar-refractivity contribution in [3.05, 3.63) is 39.4 Å². The lowest BCUT2D eigenvalue weighted by molar-refractivity contribution is -0.00686. The first-order valence-corrected chi connectivity index (χ1v) is 11.1. The van der Waals surface area contributed by atoms with Gasteiger partial charge in [-0.05, 0) is 36.5 Å². The van der Waals surface area contributed by atoms with E-state index < -0.39 is 23.2 Å². The maximum Gasteiger partial charge on any atom is 0.270 e. The molecule has 1 aliphatic carbocycles. The van der Waals surface area contributed by atoms with Crippen molar-refractivity contribution in [1.82, 2.24) is 9.55 Å². The summed E-state index contributed by atoms with van der Waals surface area (Å²) in [4.78, 5) is 19.9. The third kappa shape index (κ3) is 4.12. The molecule has 4 rings (SSSR count). The molecular formula is C20H23ClF3N5OS. The minimum atomic E-state index is -2.72. The van der Waals surface area contributed by atoms with Gasteiger partial charge in [0.15, 0.2) is 0 Å². The number of piperidine rings is 1. The zero-order valence-electron chi connectivity index (χ0n) is 16.9. The van der Waals surface area contributed by atoms with E-state index in [-0.39, 0.29) is 34.1 Å². The first kappa shape index (κ1) is 22.3. The molecule has 1 aliphatic heterocycles.